The van der Waals surface area contributed by atoms with Crippen LogP contribution < -0.4 is 21.9 Å². The van der Waals surface area contributed by atoms with E-state index in [-0.39, 0.29) is 34.5 Å². The molecule has 1 aromatic heterocycles. The summed E-state index contributed by atoms with van der Waals surface area (Å²) in [5, 5.41) is 0. The van der Waals surface area contributed by atoms with E-state index in [1.807, 2.05) is 51.1 Å². The fraction of sp³-hybridized carbons (Fsp3) is 0.389. The van der Waals surface area contributed by atoms with E-state index < -0.39 is 11.2 Å². The normalized spacial score (nSPS) is 11.4. The van der Waals surface area contributed by atoms with Crippen molar-refractivity contribution >= 4 is 29.2 Å². The summed E-state index contributed by atoms with van der Waals surface area (Å²) in [4.78, 5) is 40.4. The summed E-state index contributed by atoms with van der Waals surface area (Å²) in [6, 6.07) is 9.27. The third kappa shape index (κ3) is 4.78. The largest absolute Gasteiger partial charge is 0.383 e. The Labute approximate surface area is 156 Å². The minimum absolute atomic E-state index is 0.0139. The van der Waals surface area contributed by atoms with Gasteiger partial charge >= 0.3 is 5.69 Å². The molecule has 26 heavy (non-hydrogen) atoms. The molecular formula is C18H24N4O3S. The number of carbonyl (C=O) groups excluding carboxylic acids is 1. The molecule has 8 heteroatoms. The van der Waals surface area contributed by atoms with E-state index in [0.717, 1.165) is 5.56 Å². The summed E-state index contributed by atoms with van der Waals surface area (Å²) >= 11 is 1.47. The molecule has 0 bridgehead atoms. The van der Waals surface area contributed by atoms with Crippen LogP contribution in [0.1, 0.15) is 26.3 Å². The summed E-state index contributed by atoms with van der Waals surface area (Å²) < 4.78 is 1.17. The third-order valence-electron chi connectivity index (χ3n) is 3.74. The molecule has 2 rings (SSSR count). The fourth-order valence-electron chi connectivity index (χ4n) is 2.32. The molecule has 0 aliphatic heterocycles. The number of nitrogens with one attached hydrogen (secondary N) is 1. The van der Waals surface area contributed by atoms with Crippen LogP contribution >= 0.6 is 11.8 Å². The zero-order valence-corrected chi connectivity index (χ0v) is 16.2. The molecular weight excluding hydrogens is 352 g/mol. The van der Waals surface area contributed by atoms with Gasteiger partial charge in [-0.1, -0.05) is 51.1 Å². The van der Waals surface area contributed by atoms with Crippen molar-refractivity contribution in [3.05, 3.63) is 56.7 Å². The Kier molecular flexibility index (Phi) is 5.97. The maximum atomic E-state index is 12.5. The van der Waals surface area contributed by atoms with Crippen molar-refractivity contribution in [1.29, 1.82) is 0 Å². The Morgan fingerprint density at radius 1 is 1.23 bits per heavy atom. The van der Waals surface area contributed by atoms with Crippen LogP contribution in [0.3, 0.4) is 0 Å². The number of carbonyl (C=O) groups is 1. The van der Waals surface area contributed by atoms with E-state index in [1.54, 1.807) is 0 Å². The van der Waals surface area contributed by atoms with Crippen molar-refractivity contribution in [2.45, 2.75) is 32.1 Å². The first-order chi connectivity index (χ1) is 12.1. The van der Waals surface area contributed by atoms with E-state index >= 15 is 0 Å². The molecule has 1 heterocycles. The minimum Gasteiger partial charge on any atom is -0.383 e. The average Bonchev–Trinajstić information content (AvgIpc) is 2.56. The Morgan fingerprint density at radius 3 is 2.42 bits per heavy atom. The lowest BCUT2D eigenvalue weighted by molar-refractivity contribution is -0.115. The van der Waals surface area contributed by atoms with Crippen molar-refractivity contribution in [3.63, 3.8) is 0 Å². The highest BCUT2D eigenvalue weighted by molar-refractivity contribution is 8.01. The highest BCUT2D eigenvalue weighted by atomic mass is 32.2. The van der Waals surface area contributed by atoms with Gasteiger partial charge in [-0.3, -0.25) is 19.1 Å². The van der Waals surface area contributed by atoms with Crippen LogP contribution in [0.25, 0.3) is 0 Å². The van der Waals surface area contributed by atoms with E-state index in [1.165, 1.54) is 28.3 Å². The molecule has 0 radical (unpaired) electrons. The Hall–Kier alpha value is -2.48. The average molecular weight is 376 g/mol. The molecule has 140 valence electrons. The number of rotatable bonds is 5. The second kappa shape index (κ2) is 7.82. The van der Waals surface area contributed by atoms with Crippen LogP contribution in [0.15, 0.2) is 39.9 Å². The number of benzene rings is 1. The molecule has 1 amide bonds. The highest BCUT2D eigenvalue weighted by Gasteiger charge is 2.22. The van der Waals surface area contributed by atoms with Crippen LogP contribution in [0.4, 0.5) is 11.5 Å². The predicted octanol–water partition coefficient (Wildman–Crippen LogP) is 1.66. The third-order valence-corrected chi connectivity index (χ3v) is 4.99. The van der Waals surface area contributed by atoms with E-state index in [2.05, 4.69) is 4.98 Å². The highest BCUT2D eigenvalue weighted by Crippen LogP contribution is 2.24. The predicted molar refractivity (Wildman–Crippen MR) is 107 cm³/mol. The first-order valence-corrected chi connectivity index (χ1v) is 9.16. The van der Waals surface area contributed by atoms with Gasteiger partial charge in [-0.15, -0.1) is 11.8 Å². The van der Waals surface area contributed by atoms with E-state index in [9.17, 15) is 14.4 Å². The molecule has 2 aromatic rings. The molecule has 3 N–H and O–H groups in total. The summed E-state index contributed by atoms with van der Waals surface area (Å²) in [7, 11) is 1.49. The Bertz CT molecular complexity index is 897. The molecule has 0 spiro atoms. The molecule has 1 aromatic carbocycles. The number of nitrogens with two attached hydrogens (primary N) is 1. The van der Waals surface area contributed by atoms with E-state index in [4.69, 9.17) is 5.73 Å². The van der Waals surface area contributed by atoms with Gasteiger partial charge in [-0.05, 0) is 5.56 Å². The summed E-state index contributed by atoms with van der Waals surface area (Å²) in [6.45, 7) is 6.22. The zero-order chi connectivity index (χ0) is 19.5. The number of aromatic nitrogens is 2. The molecule has 0 aliphatic rings. The number of nitrogen functional groups attached to an aromatic ring is 1. The molecule has 7 nitrogen and oxygen atoms in total. The molecule has 0 saturated heterocycles. The van der Waals surface area contributed by atoms with Gasteiger partial charge in [0, 0.05) is 11.8 Å². The molecule has 0 aliphatic carbocycles. The van der Waals surface area contributed by atoms with Crippen LogP contribution in [0.5, 0.6) is 0 Å². The van der Waals surface area contributed by atoms with E-state index in [0.29, 0.717) is 0 Å². The van der Waals surface area contributed by atoms with Gasteiger partial charge in [0.05, 0.1) is 12.3 Å². The smallest absolute Gasteiger partial charge is 0.330 e. The van der Waals surface area contributed by atoms with Gasteiger partial charge in [0.1, 0.15) is 5.82 Å². The molecule has 0 unspecified atom stereocenters. The number of amides is 1. The monoisotopic (exact) mass is 376 g/mol. The lowest BCUT2D eigenvalue weighted by atomic mass is 10.2. The first-order valence-electron chi connectivity index (χ1n) is 8.17. The second-order valence-corrected chi connectivity index (χ2v) is 8.72. The molecule has 0 saturated carbocycles. The van der Waals surface area contributed by atoms with Crippen molar-refractivity contribution in [2.24, 2.45) is 0 Å². The zero-order valence-electron chi connectivity index (χ0n) is 15.4. The number of thioether (sulfide) groups is 1. The van der Waals surface area contributed by atoms with Gasteiger partial charge < -0.3 is 10.6 Å². The van der Waals surface area contributed by atoms with Crippen LogP contribution in [0, 0.1) is 0 Å². The number of anilines is 2. The number of aromatic amines is 1. The standard InChI is InChI=1S/C18H24N4O3S/c1-18(2,3)26-11-13(23)21(4)14-15(19)22(17(25)20-16(14)24)10-12-8-6-5-7-9-12/h5-9H,10-11,19H2,1-4H3,(H,20,24,25). The number of hydrogen-bond acceptors (Lipinski definition) is 5. The summed E-state index contributed by atoms with van der Waals surface area (Å²) in [5.41, 5.74) is 5.66. The maximum absolute atomic E-state index is 12.5. The Balaban J connectivity index is 2.37. The molecule has 0 atom stereocenters. The lowest BCUT2D eigenvalue weighted by Crippen LogP contribution is -2.40. The second-order valence-electron chi connectivity index (χ2n) is 6.92. The van der Waals surface area contributed by atoms with Crippen molar-refractivity contribution < 1.29 is 4.79 Å². The van der Waals surface area contributed by atoms with Crippen molar-refractivity contribution in [2.75, 3.05) is 23.4 Å². The lowest BCUT2D eigenvalue weighted by Gasteiger charge is -2.22. The Morgan fingerprint density at radius 2 is 1.85 bits per heavy atom. The SMILES string of the molecule is CN(C(=O)CSC(C)(C)C)c1c(N)n(Cc2ccccc2)c(=O)[nH]c1=O. The van der Waals surface area contributed by atoms with Gasteiger partial charge in [0.2, 0.25) is 5.91 Å². The maximum Gasteiger partial charge on any atom is 0.330 e. The summed E-state index contributed by atoms with van der Waals surface area (Å²) in [6.07, 6.45) is 0. The van der Waals surface area contributed by atoms with Gasteiger partial charge in [-0.25, -0.2) is 4.79 Å². The quantitative estimate of drug-likeness (QED) is 0.826. The van der Waals surface area contributed by atoms with Gasteiger partial charge in [0.15, 0.2) is 5.69 Å². The van der Waals surface area contributed by atoms with Gasteiger partial charge in [-0.2, -0.15) is 0 Å². The van der Waals surface area contributed by atoms with Crippen LogP contribution in [-0.4, -0.2) is 33.0 Å². The number of hydrogen-bond donors (Lipinski definition) is 2. The number of H-pyrrole nitrogens is 1. The van der Waals surface area contributed by atoms with Crippen LogP contribution in [0.2, 0.25) is 0 Å². The van der Waals surface area contributed by atoms with Gasteiger partial charge in [0.25, 0.3) is 5.56 Å². The fourth-order valence-corrected chi connectivity index (χ4v) is 3.07. The summed E-state index contributed by atoms with van der Waals surface area (Å²) in [5.74, 6) is -0.0808. The number of nitrogens with zero attached hydrogens (tertiary/aromatic N) is 2. The van der Waals surface area contributed by atoms with Crippen molar-refractivity contribution in [3.8, 4) is 0 Å². The first kappa shape index (κ1) is 19.8. The topological polar surface area (TPSA) is 101 Å². The van der Waals surface area contributed by atoms with Crippen molar-refractivity contribution in [1.82, 2.24) is 9.55 Å². The minimum atomic E-state index is -0.673. The molecule has 0 fully saturated rings. The van der Waals surface area contributed by atoms with Crippen LogP contribution in [-0.2, 0) is 11.3 Å².